The Bertz CT molecular complexity index is 997. The lowest BCUT2D eigenvalue weighted by Gasteiger charge is -2.57. The van der Waals surface area contributed by atoms with E-state index in [1.54, 1.807) is 0 Å². The predicted molar refractivity (Wildman–Crippen MR) is 141 cm³/mol. The van der Waals surface area contributed by atoms with E-state index in [0.29, 0.717) is 35.7 Å². The minimum Gasteiger partial charge on any atom is -0.462 e. The molecule has 1 aromatic carbocycles. The van der Waals surface area contributed by atoms with Gasteiger partial charge in [-0.1, -0.05) is 57.5 Å². The first-order chi connectivity index (χ1) is 17.2. The highest BCUT2D eigenvalue weighted by Crippen LogP contribution is 2.65. The van der Waals surface area contributed by atoms with E-state index in [0.717, 1.165) is 51.4 Å². The fourth-order valence-electron chi connectivity index (χ4n) is 8.30. The van der Waals surface area contributed by atoms with Gasteiger partial charge in [0.05, 0.1) is 5.56 Å². The summed E-state index contributed by atoms with van der Waals surface area (Å²) in [4.78, 5) is 25.2. The highest BCUT2D eigenvalue weighted by atomic mass is 16.5. The second-order valence-electron chi connectivity index (χ2n) is 12.9. The third-order valence-corrected chi connectivity index (χ3v) is 10.5. The average Bonchev–Trinajstić information content (AvgIpc) is 3.19. The van der Waals surface area contributed by atoms with E-state index in [2.05, 4.69) is 33.8 Å². The van der Waals surface area contributed by atoms with Gasteiger partial charge in [0.15, 0.2) is 0 Å². The molecule has 36 heavy (non-hydrogen) atoms. The topological polar surface area (TPSA) is 52.6 Å². The number of esters is 2. The van der Waals surface area contributed by atoms with Crippen LogP contribution in [0.2, 0.25) is 0 Å². The van der Waals surface area contributed by atoms with Crippen LogP contribution in [0.1, 0.15) is 102 Å². The molecule has 1 aromatic rings. The predicted octanol–water partition coefficient (Wildman–Crippen LogP) is 7.52. The second kappa shape index (κ2) is 9.99. The minimum absolute atomic E-state index is 0.00956. The van der Waals surface area contributed by atoms with E-state index >= 15 is 0 Å². The number of rotatable bonds is 6. The molecule has 4 heteroatoms. The van der Waals surface area contributed by atoms with E-state index < -0.39 is 0 Å². The molecule has 0 radical (unpaired) electrons. The quantitative estimate of drug-likeness (QED) is 0.304. The number of hydrogen-bond acceptors (Lipinski definition) is 4. The zero-order chi connectivity index (χ0) is 25.5. The van der Waals surface area contributed by atoms with Crippen molar-refractivity contribution in [3.63, 3.8) is 0 Å². The summed E-state index contributed by atoms with van der Waals surface area (Å²) in [6, 6.07) is 9.42. The molecule has 4 aliphatic rings. The van der Waals surface area contributed by atoms with Crippen LogP contribution in [0, 0.1) is 34.5 Å². The van der Waals surface area contributed by atoms with Gasteiger partial charge in [-0.25, -0.2) is 4.79 Å². The van der Waals surface area contributed by atoms with Gasteiger partial charge in [-0.3, -0.25) is 4.79 Å². The zero-order valence-corrected chi connectivity index (χ0v) is 22.6. The van der Waals surface area contributed by atoms with E-state index in [1.165, 1.54) is 12.0 Å². The molecule has 0 heterocycles. The Labute approximate surface area is 217 Å². The van der Waals surface area contributed by atoms with Crippen molar-refractivity contribution >= 4 is 11.9 Å². The van der Waals surface area contributed by atoms with E-state index in [-0.39, 0.29) is 35.0 Å². The molecule has 0 aliphatic heterocycles. The Morgan fingerprint density at radius 2 is 1.75 bits per heavy atom. The molecule has 5 rings (SSSR count). The molecular formula is C32H44O4. The number of benzene rings is 1. The molecule has 2 unspecified atom stereocenters. The molecule has 0 amide bonds. The Morgan fingerprint density at radius 3 is 2.50 bits per heavy atom. The normalized spacial score (nSPS) is 37.4. The van der Waals surface area contributed by atoms with Crippen LogP contribution in [0.3, 0.4) is 0 Å². The minimum atomic E-state index is -0.177. The molecule has 0 N–H and O–H groups in total. The van der Waals surface area contributed by atoms with Gasteiger partial charge in [0.1, 0.15) is 12.2 Å². The summed E-state index contributed by atoms with van der Waals surface area (Å²) in [6.45, 7) is 9.17. The van der Waals surface area contributed by atoms with Crippen molar-refractivity contribution in [2.24, 2.45) is 34.5 Å². The second-order valence-corrected chi connectivity index (χ2v) is 12.9. The van der Waals surface area contributed by atoms with Gasteiger partial charge in [0.2, 0.25) is 0 Å². The highest BCUT2D eigenvalue weighted by Gasteiger charge is 2.59. The molecule has 3 saturated carbocycles. The highest BCUT2D eigenvalue weighted by molar-refractivity contribution is 5.89. The van der Waals surface area contributed by atoms with Gasteiger partial charge in [-0.15, -0.1) is 0 Å². The summed E-state index contributed by atoms with van der Waals surface area (Å²) >= 11 is 0. The Balaban J connectivity index is 1.25. The van der Waals surface area contributed by atoms with Crippen LogP contribution < -0.4 is 0 Å². The maximum atomic E-state index is 12.9. The molecule has 7 atom stereocenters. The van der Waals surface area contributed by atoms with Crippen molar-refractivity contribution in [3.05, 3.63) is 47.5 Å². The fraction of sp³-hybridized carbons (Fsp3) is 0.688. The third kappa shape index (κ3) is 4.65. The Morgan fingerprint density at radius 1 is 0.972 bits per heavy atom. The van der Waals surface area contributed by atoms with Crippen molar-refractivity contribution in [1.29, 1.82) is 0 Å². The Hall–Kier alpha value is -2.10. The van der Waals surface area contributed by atoms with Crippen LogP contribution in [0.15, 0.2) is 42.0 Å². The average molecular weight is 493 g/mol. The lowest BCUT2D eigenvalue weighted by molar-refractivity contribution is -0.151. The van der Waals surface area contributed by atoms with Crippen molar-refractivity contribution in [2.75, 3.05) is 0 Å². The molecule has 196 valence electrons. The molecule has 0 aromatic heterocycles. The standard InChI is InChI=1S/C32H44O4/c1-21(2)10-15-29(33)35-24-16-18-31(3)23(20-24)11-12-25-26-13-14-28(32(26,4)19-17-27(25)31)36-30(34)22-8-6-5-7-9-22/h5-9,11,21,24-28H,10,12-20H2,1-4H3/t24?,25-,26-,27-,28?,31-,32-/m0/s1. The van der Waals surface area contributed by atoms with Gasteiger partial charge in [-0.2, -0.15) is 0 Å². The van der Waals surface area contributed by atoms with Crippen LogP contribution in [0.5, 0.6) is 0 Å². The van der Waals surface area contributed by atoms with Crippen LogP contribution in [0.4, 0.5) is 0 Å². The van der Waals surface area contributed by atoms with Crippen LogP contribution in [0.25, 0.3) is 0 Å². The lowest BCUT2D eigenvalue weighted by atomic mass is 9.48. The fourth-order valence-corrected chi connectivity index (χ4v) is 8.30. The SMILES string of the molecule is CC(C)CCC(=O)OC1CC[C@@]2(C)C(=CC[C@@H]3[C@@H]2CC[C@]2(C)C(OC(=O)c4ccccc4)CC[C@@H]32)C1. The van der Waals surface area contributed by atoms with Crippen molar-refractivity contribution in [2.45, 2.75) is 104 Å². The van der Waals surface area contributed by atoms with Crippen molar-refractivity contribution in [1.82, 2.24) is 0 Å². The molecule has 0 bridgehead atoms. The van der Waals surface area contributed by atoms with E-state index in [1.807, 2.05) is 30.3 Å². The molecule has 4 nitrogen and oxygen atoms in total. The molecule has 3 fully saturated rings. The van der Waals surface area contributed by atoms with Gasteiger partial charge < -0.3 is 9.47 Å². The monoisotopic (exact) mass is 492 g/mol. The first kappa shape index (κ1) is 25.5. The van der Waals surface area contributed by atoms with Gasteiger partial charge >= 0.3 is 11.9 Å². The number of carbonyl (C=O) groups excluding carboxylic acids is 2. The first-order valence-electron chi connectivity index (χ1n) is 14.4. The number of carbonyl (C=O) groups is 2. The molecule has 0 saturated heterocycles. The van der Waals surface area contributed by atoms with Crippen LogP contribution >= 0.6 is 0 Å². The molecule has 4 aliphatic carbocycles. The van der Waals surface area contributed by atoms with Crippen LogP contribution in [-0.4, -0.2) is 24.1 Å². The van der Waals surface area contributed by atoms with Crippen molar-refractivity contribution < 1.29 is 19.1 Å². The smallest absolute Gasteiger partial charge is 0.338 e. The number of fused-ring (bicyclic) bond motifs is 5. The Kier molecular flexibility index (Phi) is 7.09. The van der Waals surface area contributed by atoms with E-state index in [4.69, 9.17) is 9.47 Å². The lowest BCUT2D eigenvalue weighted by Crippen LogP contribution is -2.51. The van der Waals surface area contributed by atoms with Crippen molar-refractivity contribution in [3.8, 4) is 0 Å². The summed E-state index contributed by atoms with van der Waals surface area (Å²) < 4.78 is 12.1. The maximum Gasteiger partial charge on any atom is 0.338 e. The first-order valence-corrected chi connectivity index (χ1v) is 14.4. The number of allylic oxidation sites excluding steroid dienone is 1. The summed E-state index contributed by atoms with van der Waals surface area (Å²) in [5.41, 5.74) is 2.46. The van der Waals surface area contributed by atoms with Gasteiger partial charge in [0, 0.05) is 18.3 Å². The number of ether oxygens (including phenoxy) is 2. The van der Waals surface area contributed by atoms with E-state index in [9.17, 15) is 9.59 Å². The summed E-state index contributed by atoms with van der Waals surface area (Å²) in [5, 5.41) is 0. The molecular weight excluding hydrogens is 448 g/mol. The largest absolute Gasteiger partial charge is 0.462 e. The van der Waals surface area contributed by atoms with Gasteiger partial charge in [-0.05, 0) is 92.6 Å². The van der Waals surface area contributed by atoms with Gasteiger partial charge in [0.25, 0.3) is 0 Å². The number of hydrogen-bond donors (Lipinski definition) is 0. The summed E-state index contributed by atoms with van der Waals surface area (Å²) in [6.07, 6.45) is 12.6. The molecule has 0 spiro atoms. The maximum absolute atomic E-state index is 12.9. The van der Waals surface area contributed by atoms with Crippen LogP contribution in [-0.2, 0) is 14.3 Å². The summed E-state index contributed by atoms with van der Waals surface area (Å²) in [5.74, 6) is 2.26. The summed E-state index contributed by atoms with van der Waals surface area (Å²) in [7, 11) is 0. The third-order valence-electron chi connectivity index (χ3n) is 10.5. The zero-order valence-electron chi connectivity index (χ0n) is 22.6.